The maximum Gasteiger partial charge on any atom is 0.218 e. The van der Waals surface area contributed by atoms with E-state index in [1.165, 1.54) is 16.9 Å². The van der Waals surface area contributed by atoms with Crippen LogP contribution in [-0.2, 0) is 6.54 Å². The number of carbonyl (C=O) groups is 1. The predicted octanol–water partition coefficient (Wildman–Crippen LogP) is 2.20. The molecule has 0 aliphatic heterocycles. The Morgan fingerprint density at radius 1 is 1.33 bits per heavy atom. The minimum atomic E-state index is -0.885. The second kappa shape index (κ2) is 5.03. The Bertz CT molecular complexity index is 560. The van der Waals surface area contributed by atoms with Gasteiger partial charge in [-0.05, 0) is 18.6 Å². The van der Waals surface area contributed by atoms with Crippen molar-refractivity contribution in [2.75, 3.05) is 0 Å². The van der Waals surface area contributed by atoms with Gasteiger partial charge in [0.25, 0.3) is 0 Å². The molecule has 0 saturated heterocycles. The topological polar surface area (TPSA) is 47.8 Å². The van der Waals surface area contributed by atoms with Gasteiger partial charge in [0.05, 0.1) is 11.8 Å². The van der Waals surface area contributed by atoms with E-state index in [2.05, 4.69) is 10.3 Å². The molecule has 6 heteroatoms. The maximum atomic E-state index is 13.5. The molecule has 0 atom stereocenters. The molecule has 2 rings (SSSR count). The summed E-state index contributed by atoms with van der Waals surface area (Å²) in [6.07, 6.45) is 1.95. The van der Waals surface area contributed by atoms with Crippen LogP contribution < -0.4 is 0 Å². The molecule has 0 saturated carbocycles. The molecule has 0 radical (unpaired) electrons. The predicted molar refractivity (Wildman–Crippen MR) is 60.1 cm³/mol. The van der Waals surface area contributed by atoms with E-state index >= 15 is 0 Å². The van der Waals surface area contributed by atoms with E-state index in [0.717, 1.165) is 18.6 Å². The number of ketones is 1. The molecular formula is C12H11F2N3O. The molecule has 0 bridgehead atoms. The SMILES string of the molecule is CCCn1nncc1C(=O)c1c(F)cccc1F. The van der Waals surface area contributed by atoms with Crippen molar-refractivity contribution in [3.63, 3.8) is 0 Å². The van der Waals surface area contributed by atoms with E-state index in [9.17, 15) is 13.6 Å². The fourth-order valence-corrected chi connectivity index (χ4v) is 1.65. The quantitative estimate of drug-likeness (QED) is 0.782. The number of aryl methyl sites for hydroxylation is 1. The highest BCUT2D eigenvalue weighted by atomic mass is 19.1. The lowest BCUT2D eigenvalue weighted by Gasteiger charge is -2.05. The van der Waals surface area contributed by atoms with Crippen LogP contribution >= 0.6 is 0 Å². The Labute approximate surface area is 102 Å². The summed E-state index contributed by atoms with van der Waals surface area (Å²) < 4.78 is 28.3. The van der Waals surface area contributed by atoms with Crippen LogP contribution in [0.25, 0.3) is 0 Å². The minimum Gasteiger partial charge on any atom is -0.287 e. The molecule has 1 heterocycles. The Morgan fingerprint density at radius 2 is 2.00 bits per heavy atom. The summed E-state index contributed by atoms with van der Waals surface area (Å²) in [5.41, 5.74) is -0.488. The fraction of sp³-hybridized carbons (Fsp3) is 0.250. The molecule has 1 aromatic heterocycles. The highest BCUT2D eigenvalue weighted by molar-refractivity contribution is 6.08. The summed E-state index contributed by atoms with van der Waals surface area (Å²) in [7, 11) is 0. The zero-order chi connectivity index (χ0) is 13.1. The molecule has 0 unspecified atom stereocenters. The lowest BCUT2D eigenvalue weighted by Crippen LogP contribution is -2.14. The summed E-state index contributed by atoms with van der Waals surface area (Å²) >= 11 is 0. The van der Waals surface area contributed by atoms with Gasteiger partial charge in [-0.3, -0.25) is 4.79 Å². The number of rotatable bonds is 4. The van der Waals surface area contributed by atoms with E-state index in [0.29, 0.717) is 6.54 Å². The molecular weight excluding hydrogens is 240 g/mol. The summed E-state index contributed by atoms with van der Waals surface area (Å²) in [5, 5.41) is 7.31. The number of hydrogen-bond acceptors (Lipinski definition) is 3. The smallest absolute Gasteiger partial charge is 0.218 e. The van der Waals surface area contributed by atoms with Gasteiger partial charge in [-0.15, -0.1) is 5.10 Å². The van der Waals surface area contributed by atoms with E-state index in [-0.39, 0.29) is 5.69 Å². The van der Waals surface area contributed by atoms with Crippen LogP contribution in [0.15, 0.2) is 24.4 Å². The first-order valence-electron chi connectivity index (χ1n) is 5.52. The third kappa shape index (κ3) is 2.13. The summed E-state index contributed by atoms with van der Waals surface area (Å²) in [6, 6.07) is 3.30. The first-order valence-corrected chi connectivity index (χ1v) is 5.52. The van der Waals surface area contributed by atoms with Crippen molar-refractivity contribution in [2.45, 2.75) is 19.9 Å². The molecule has 94 valence electrons. The molecule has 0 aliphatic carbocycles. The van der Waals surface area contributed by atoms with Crippen molar-refractivity contribution in [2.24, 2.45) is 0 Å². The van der Waals surface area contributed by atoms with Gasteiger partial charge >= 0.3 is 0 Å². The van der Waals surface area contributed by atoms with Crippen molar-refractivity contribution >= 4 is 5.78 Å². The molecule has 0 amide bonds. The maximum absolute atomic E-state index is 13.5. The Morgan fingerprint density at radius 3 is 2.61 bits per heavy atom. The molecule has 0 spiro atoms. The molecule has 0 N–H and O–H groups in total. The Hall–Kier alpha value is -2.11. The molecule has 0 aliphatic rings. The van der Waals surface area contributed by atoms with Crippen molar-refractivity contribution < 1.29 is 13.6 Å². The van der Waals surface area contributed by atoms with E-state index in [4.69, 9.17) is 0 Å². The molecule has 18 heavy (non-hydrogen) atoms. The third-order valence-corrected chi connectivity index (χ3v) is 2.48. The van der Waals surface area contributed by atoms with Crippen LogP contribution in [0.5, 0.6) is 0 Å². The molecule has 0 fully saturated rings. The summed E-state index contributed by atoms with van der Waals surface area (Å²) in [5.74, 6) is -2.52. The van der Waals surface area contributed by atoms with Gasteiger partial charge in [-0.1, -0.05) is 18.2 Å². The zero-order valence-corrected chi connectivity index (χ0v) is 9.73. The number of nitrogens with zero attached hydrogens (tertiary/aromatic N) is 3. The van der Waals surface area contributed by atoms with E-state index < -0.39 is 23.0 Å². The number of hydrogen-bond donors (Lipinski definition) is 0. The monoisotopic (exact) mass is 251 g/mol. The van der Waals surface area contributed by atoms with Crippen molar-refractivity contribution in [3.05, 3.63) is 47.3 Å². The van der Waals surface area contributed by atoms with Gasteiger partial charge in [0, 0.05) is 6.54 Å². The van der Waals surface area contributed by atoms with Crippen molar-refractivity contribution in [3.8, 4) is 0 Å². The van der Waals surface area contributed by atoms with Crippen LogP contribution in [0.2, 0.25) is 0 Å². The normalized spacial score (nSPS) is 10.6. The van der Waals surface area contributed by atoms with Crippen LogP contribution in [0.3, 0.4) is 0 Å². The van der Waals surface area contributed by atoms with E-state index in [1.54, 1.807) is 0 Å². The lowest BCUT2D eigenvalue weighted by molar-refractivity contribution is 0.102. The van der Waals surface area contributed by atoms with Gasteiger partial charge in [0.2, 0.25) is 5.78 Å². The minimum absolute atomic E-state index is 0.0841. The average Bonchev–Trinajstić information content (AvgIpc) is 2.77. The second-order valence-electron chi connectivity index (χ2n) is 3.77. The third-order valence-electron chi connectivity index (χ3n) is 2.48. The molecule has 4 nitrogen and oxygen atoms in total. The van der Waals surface area contributed by atoms with Crippen molar-refractivity contribution in [1.29, 1.82) is 0 Å². The van der Waals surface area contributed by atoms with Gasteiger partial charge in [-0.25, -0.2) is 13.5 Å². The number of aromatic nitrogens is 3. The summed E-state index contributed by atoms with van der Waals surface area (Å²) in [4.78, 5) is 12.1. The highest BCUT2D eigenvalue weighted by Gasteiger charge is 2.22. The van der Waals surface area contributed by atoms with Crippen LogP contribution in [-0.4, -0.2) is 20.8 Å². The molecule has 1 aromatic carbocycles. The number of benzene rings is 1. The number of carbonyl (C=O) groups excluding carboxylic acids is 1. The molecule has 2 aromatic rings. The van der Waals surface area contributed by atoms with Crippen LogP contribution in [0.1, 0.15) is 29.4 Å². The Kier molecular flexibility index (Phi) is 3.45. The Balaban J connectivity index is 2.45. The van der Waals surface area contributed by atoms with Gasteiger partial charge in [0.15, 0.2) is 0 Å². The number of halogens is 2. The largest absolute Gasteiger partial charge is 0.287 e. The lowest BCUT2D eigenvalue weighted by atomic mass is 10.1. The standard InChI is InChI=1S/C12H11F2N3O/c1-2-6-17-10(7-15-16-17)12(18)11-8(13)4-3-5-9(11)14/h3-5,7H,2,6H2,1H3. The highest BCUT2D eigenvalue weighted by Crippen LogP contribution is 2.16. The first-order chi connectivity index (χ1) is 8.65. The fourth-order valence-electron chi connectivity index (χ4n) is 1.65. The summed E-state index contributed by atoms with van der Waals surface area (Å²) in [6.45, 7) is 2.37. The van der Waals surface area contributed by atoms with Gasteiger partial charge in [-0.2, -0.15) is 0 Å². The van der Waals surface area contributed by atoms with Gasteiger partial charge < -0.3 is 0 Å². The van der Waals surface area contributed by atoms with Crippen LogP contribution in [0, 0.1) is 11.6 Å². The first kappa shape index (κ1) is 12.3. The van der Waals surface area contributed by atoms with Gasteiger partial charge in [0.1, 0.15) is 17.3 Å². The second-order valence-corrected chi connectivity index (χ2v) is 3.77. The average molecular weight is 251 g/mol. The van der Waals surface area contributed by atoms with Crippen molar-refractivity contribution in [1.82, 2.24) is 15.0 Å². The van der Waals surface area contributed by atoms with E-state index in [1.807, 2.05) is 6.92 Å². The zero-order valence-electron chi connectivity index (χ0n) is 9.73. The van der Waals surface area contributed by atoms with Crippen LogP contribution in [0.4, 0.5) is 8.78 Å².